The highest BCUT2D eigenvalue weighted by atomic mass is 15.2. The number of anilines is 1. The average Bonchev–Trinajstić information content (AvgIpc) is 2.71. The van der Waals surface area contributed by atoms with E-state index in [9.17, 15) is 0 Å². The molecular weight excluding hydrogens is 188 g/mol. The van der Waals surface area contributed by atoms with Crippen LogP contribution in [0.15, 0.2) is 12.3 Å². The monoisotopic (exact) mass is 206 g/mol. The molecule has 0 aliphatic carbocycles. The highest BCUT2D eigenvalue weighted by molar-refractivity contribution is 5.34. The van der Waals surface area contributed by atoms with Crippen LogP contribution in [0.5, 0.6) is 0 Å². The van der Waals surface area contributed by atoms with Gasteiger partial charge in [-0.25, -0.2) is 0 Å². The van der Waals surface area contributed by atoms with Crippen molar-refractivity contribution in [3.05, 3.63) is 17.8 Å². The molecule has 0 amide bonds. The molecule has 2 rings (SSSR count). The van der Waals surface area contributed by atoms with Gasteiger partial charge in [0.2, 0.25) is 0 Å². The summed E-state index contributed by atoms with van der Waals surface area (Å²) in [6.45, 7) is 4.17. The Morgan fingerprint density at radius 1 is 1.60 bits per heavy atom. The quantitative estimate of drug-likeness (QED) is 0.780. The molecule has 82 valence electrons. The zero-order chi connectivity index (χ0) is 10.5. The Hall–Kier alpha value is -1.16. The Kier molecular flexibility index (Phi) is 3.50. The lowest BCUT2D eigenvalue weighted by Crippen LogP contribution is -2.24. The molecule has 0 spiro atoms. The van der Waals surface area contributed by atoms with Crippen LogP contribution in [0.2, 0.25) is 0 Å². The van der Waals surface area contributed by atoms with E-state index in [0.29, 0.717) is 6.04 Å². The minimum atomic E-state index is 0.690. The average molecular weight is 206 g/mol. The largest absolute Gasteiger partial charge is 0.369 e. The van der Waals surface area contributed by atoms with Gasteiger partial charge in [0.15, 0.2) is 0 Å². The molecule has 1 aromatic rings. The van der Waals surface area contributed by atoms with E-state index in [2.05, 4.69) is 20.8 Å². The van der Waals surface area contributed by atoms with Crippen LogP contribution in [0.4, 0.5) is 5.82 Å². The van der Waals surface area contributed by atoms with Crippen molar-refractivity contribution >= 4 is 5.82 Å². The number of rotatable bonds is 4. The van der Waals surface area contributed by atoms with Crippen molar-refractivity contribution in [3.8, 4) is 0 Å². The molecule has 0 saturated carbocycles. The van der Waals surface area contributed by atoms with Gasteiger partial charge in [-0.15, -0.1) is 5.10 Å². The zero-order valence-corrected chi connectivity index (χ0v) is 9.16. The Bertz CT molecular complexity index is 307. The van der Waals surface area contributed by atoms with E-state index in [1.54, 1.807) is 6.20 Å². The molecule has 2 heterocycles. The lowest BCUT2D eigenvalue weighted by Gasteiger charge is -2.10. The van der Waals surface area contributed by atoms with E-state index in [1.807, 2.05) is 13.0 Å². The van der Waals surface area contributed by atoms with E-state index in [1.165, 1.54) is 19.4 Å². The van der Waals surface area contributed by atoms with Crippen molar-refractivity contribution in [2.45, 2.75) is 32.2 Å². The predicted molar refractivity (Wildman–Crippen MR) is 60.9 cm³/mol. The van der Waals surface area contributed by atoms with Crippen LogP contribution < -0.4 is 10.6 Å². The maximum Gasteiger partial charge on any atom is 0.148 e. The molecule has 0 aromatic carbocycles. The first-order chi connectivity index (χ1) is 7.34. The van der Waals surface area contributed by atoms with Gasteiger partial charge >= 0.3 is 0 Å². The van der Waals surface area contributed by atoms with E-state index in [-0.39, 0.29) is 0 Å². The molecular formula is C11H18N4. The molecule has 2 N–H and O–H groups in total. The van der Waals surface area contributed by atoms with Crippen LogP contribution in [-0.2, 0) is 0 Å². The lowest BCUT2D eigenvalue weighted by molar-refractivity contribution is 0.574. The Labute approximate surface area is 90.5 Å². The third-order valence-electron chi connectivity index (χ3n) is 2.75. The van der Waals surface area contributed by atoms with Crippen molar-refractivity contribution in [1.29, 1.82) is 0 Å². The number of nitrogens with zero attached hydrogens (tertiary/aromatic N) is 2. The van der Waals surface area contributed by atoms with Crippen LogP contribution in [0.3, 0.4) is 0 Å². The summed E-state index contributed by atoms with van der Waals surface area (Å²) in [6, 6.07) is 2.71. The van der Waals surface area contributed by atoms with Gasteiger partial charge in [-0.3, -0.25) is 0 Å². The maximum atomic E-state index is 4.02. The topological polar surface area (TPSA) is 49.8 Å². The first-order valence-electron chi connectivity index (χ1n) is 5.61. The van der Waals surface area contributed by atoms with E-state index in [4.69, 9.17) is 0 Å². The molecule has 4 nitrogen and oxygen atoms in total. The van der Waals surface area contributed by atoms with Gasteiger partial charge in [0.1, 0.15) is 5.82 Å². The fourth-order valence-electron chi connectivity index (χ4n) is 1.93. The van der Waals surface area contributed by atoms with Gasteiger partial charge in [-0.05, 0) is 44.4 Å². The molecule has 1 aliphatic rings. The zero-order valence-electron chi connectivity index (χ0n) is 9.16. The minimum Gasteiger partial charge on any atom is -0.369 e. The summed E-state index contributed by atoms with van der Waals surface area (Å²) in [4.78, 5) is 0. The van der Waals surface area contributed by atoms with E-state index in [0.717, 1.165) is 24.3 Å². The Morgan fingerprint density at radius 2 is 2.53 bits per heavy atom. The van der Waals surface area contributed by atoms with Crippen molar-refractivity contribution < 1.29 is 0 Å². The third kappa shape index (κ3) is 3.16. The second kappa shape index (κ2) is 5.07. The van der Waals surface area contributed by atoms with Crippen molar-refractivity contribution in [2.24, 2.45) is 0 Å². The molecule has 15 heavy (non-hydrogen) atoms. The van der Waals surface area contributed by atoms with Crippen molar-refractivity contribution in [1.82, 2.24) is 15.5 Å². The Balaban J connectivity index is 1.73. The molecule has 1 saturated heterocycles. The molecule has 1 atom stereocenters. The normalized spacial score (nSPS) is 20.5. The van der Waals surface area contributed by atoms with Gasteiger partial charge in [-0.2, -0.15) is 5.10 Å². The predicted octanol–water partition coefficient (Wildman–Crippen LogP) is 1.34. The first-order valence-corrected chi connectivity index (χ1v) is 5.61. The maximum absolute atomic E-state index is 4.02. The van der Waals surface area contributed by atoms with Crippen molar-refractivity contribution in [2.75, 3.05) is 18.4 Å². The molecule has 0 bridgehead atoms. The summed E-state index contributed by atoms with van der Waals surface area (Å²) >= 11 is 0. The SMILES string of the molecule is Cc1cnnc(NCC[C@@H]2CCCN2)c1. The molecule has 1 fully saturated rings. The second-order valence-electron chi connectivity index (χ2n) is 4.13. The van der Waals surface area contributed by atoms with Gasteiger partial charge < -0.3 is 10.6 Å². The van der Waals surface area contributed by atoms with Crippen molar-refractivity contribution in [3.63, 3.8) is 0 Å². The molecule has 0 unspecified atom stereocenters. The third-order valence-corrected chi connectivity index (χ3v) is 2.75. The summed E-state index contributed by atoms with van der Waals surface area (Å²) < 4.78 is 0. The van der Waals surface area contributed by atoms with Crippen LogP contribution in [0.1, 0.15) is 24.8 Å². The smallest absolute Gasteiger partial charge is 0.148 e. The summed E-state index contributed by atoms with van der Waals surface area (Å²) in [6.07, 6.45) is 5.55. The van der Waals surface area contributed by atoms with Crippen LogP contribution in [-0.4, -0.2) is 29.3 Å². The molecule has 1 aliphatic heterocycles. The molecule has 1 aromatic heterocycles. The lowest BCUT2D eigenvalue weighted by atomic mass is 10.1. The summed E-state index contributed by atoms with van der Waals surface area (Å²) in [7, 11) is 0. The Morgan fingerprint density at radius 3 is 3.27 bits per heavy atom. The fourth-order valence-corrected chi connectivity index (χ4v) is 1.93. The number of hydrogen-bond acceptors (Lipinski definition) is 4. The highest BCUT2D eigenvalue weighted by Gasteiger charge is 2.12. The number of hydrogen-bond donors (Lipinski definition) is 2. The van der Waals surface area contributed by atoms with Gasteiger partial charge in [0.25, 0.3) is 0 Å². The van der Waals surface area contributed by atoms with Crippen LogP contribution in [0.25, 0.3) is 0 Å². The summed E-state index contributed by atoms with van der Waals surface area (Å²) in [5, 5.41) is 14.7. The standard InChI is InChI=1S/C11H18N4/c1-9-7-11(15-14-8-9)13-6-4-10-3-2-5-12-10/h7-8,10,12H,2-6H2,1H3,(H,13,15)/t10-/m0/s1. The van der Waals surface area contributed by atoms with Gasteiger partial charge in [0.05, 0.1) is 6.20 Å². The number of aromatic nitrogens is 2. The van der Waals surface area contributed by atoms with E-state index >= 15 is 0 Å². The highest BCUT2D eigenvalue weighted by Crippen LogP contribution is 2.09. The fraction of sp³-hybridized carbons (Fsp3) is 0.636. The van der Waals surface area contributed by atoms with Crippen LogP contribution in [0, 0.1) is 6.92 Å². The molecule has 0 radical (unpaired) electrons. The van der Waals surface area contributed by atoms with Gasteiger partial charge in [0, 0.05) is 12.6 Å². The minimum absolute atomic E-state index is 0.690. The van der Waals surface area contributed by atoms with Crippen LogP contribution >= 0.6 is 0 Å². The number of aryl methyl sites for hydroxylation is 1. The first kappa shape index (κ1) is 10.4. The summed E-state index contributed by atoms with van der Waals surface area (Å²) in [5.74, 6) is 0.882. The second-order valence-corrected chi connectivity index (χ2v) is 4.13. The van der Waals surface area contributed by atoms with E-state index < -0.39 is 0 Å². The number of nitrogens with one attached hydrogen (secondary N) is 2. The van der Waals surface area contributed by atoms with Gasteiger partial charge in [-0.1, -0.05) is 0 Å². The molecule has 4 heteroatoms. The summed E-state index contributed by atoms with van der Waals surface area (Å²) in [5.41, 5.74) is 1.14.